The van der Waals surface area contributed by atoms with Gasteiger partial charge in [0, 0.05) is 19.1 Å². The fraction of sp³-hybridized carbons (Fsp3) is 1.00. The number of likely N-dealkylation sites (N-methyl/N-ethyl adjacent to an activating group) is 1. The molecule has 17 heavy (non-hydrogen) atoms. The summed E-state index contributed by atoms with van der Waals surface area (Å²) in [6, 6.07) is 0.495. The van der Waals surface area contributed by atoms with E-state index in [0.29, 0.717) is 12.0 Å². The standard InChI is InChI=1S/C14H30N2O/c1-12(2)9-13(10-16(3)4)15-11-14(17)7-5-6-8-14/h12-13,15,17H,5-11H2,1-4H3. The second kappa shape index (κ2) is 6.72. The number of hydrogen-bond donors (Lipinski definition) is 2. The lowest BCUT2D eigenvalue weighted by molar-refractivity contribution is 0.0430. The molecule has 0 aromatic heterocycles. The average molecular weight is 242 g/mol. The molecule has 0 bridgehead atoms. The summed E-state index contributed by atoms with van der Waals surface area (Å²) < 4.78 is 0. The molecule has 3 heteroatoms. The van der Waals surface area contributed by atoms with E-state index in [0.717, 1.165) is 25.9 Å². The lowest BCUT2D eigenvalue weighted by atomic mass is 9.99. The number of nitrogens with zero attached hydrogens (tertiary/aromatic N) is 1. The van der Waals surface area contributed by atoms with Crippen molar-refractivity contribution in [2.24, 2.45) is 5.92 Å². The van der Waals surface area contributed by atoms with E-state index in [1.54, 1.807) is 0 Å². The Morgan fingerprint density at radius 2 is 1.82 bits per heavy atom. The lowest BCUT2D eigenvalue weighted by Gasteiger charge is -2.29. The molecule has 1 aliphatic rings. The second-order valence-corrected chi connectivity index (χ2v) is 6.40. The van der Waals surface area contributed by atoms with Gasteiger partial charge in [-0.1, -0.05) is 26.7 Å². The van der Waals surface area contributed by atoms with Crippen LogP contribution in [-0.2, 0) is 0 Å². The summed E-state index contributed by atoms with van der Waals surface area (Å²) in [7, 11) is 4.22. The molecule has 2 N–H and O–H groups in total. The molecule has 0 spiro atoms. The quantitative estimate of drug-likeness (QED) is 0.715. The van der Waals surface area contributed by atoms with Crippen LogP contribution in [0.25, 0.3) is 0 Å². The Balaban J connectivity index is 2.36. The van der Waals surface area contributed by atoms with Gasteiger partial charge in [0.1, 0.15) is 0 Å². The van der Waals surface area contributed by atoms with Gasteiger partial charge in [0.2, 0.25) is 0 Å². The SMILES string of the molecule is CC(C)CC(CN(C)C)NCC1(O)CCCC1. The van der Waals surface area contributed by atoms with Crippen LogP contribution in [0.1, 0.15) is 46.0 Å². The van der Waals surface area contributed by atoms with Crippen molar-refractivity contribution >= 4 is 0 Å². The van der Waals surface area contributed by atoms with E-state index in [1.807, 2.05) is 0 Å². The van der Waals surface area contributed by atoms with Gasteiger partial charge in [-0.15, -0.1) is 0 Å². The highest BCUT2D eigenvalue weighted by atomic mass is 16.3. The predicted molar refractivity (Wildman–Crippen MR) is 73.2 cm³/mol. The largest absolute Gasteiger partial charge is 0.389 e. The van der Waals surface area contributed by atoms with Gasteiger partial charge in [0.05, 0.1) is 5.60 Å². The Bertz CT molecular complexity index is 200. The molecule has 1 fully saturated rings. The molecule has 0 heterocycles. The highest BCUT2D eigenvalue weighted by molar-refractivity contribution is 4.88. The van der Waals surface area contributed by atoms with Crippen molar-refractivity contribution in [2.45, 2.75) is 57.6 Å². The molecule has 0 aliphatic heterocycles. The van der Waals surface area contributed by atoms with Gasteiger partial charge in [-0.25, -0.2) is 0 Å². The first-order chi connectivity index (χ1) is 7.91. The number of rotatable bonds is 7. The molecule has 0 radical (unpaired) electrons. The molecule has 1 atom stereocenters. The Morgan fingerprint density at radius 3 is 2.29 bits per heavy atom. The Morgan fingerprint density at radius 1 is 1.24 bits per heavy atom. The van der Waals surface area contributed by atoms with Crippen LogP contribution in [0.4, 0.5) is 0 Å². The van der Waals surface area contributed by atoms with Crippen molar-refractivity contribution in [2.75, 3.05) is 27.2 Å². The van der Waals surface area contributed by atoms with Crippen LogP contribution in [0.15, 0.2) is 0 Å². The predicted octanol–water partition coefficient (Wildman–Crippen LogP) is 1.86. The van der Waals surface area contributed by atoms with E-state index >= 15 is 0 Å². The third-order valence-electron chi connectivity index (χ3n) is 3.60. The monoisotopic (exact) mass is 242 g/mol. The maximum atomic E-state index is 10.3. The molecule has 1 rings (SSSR count). The topological polar surface area (TPSA) is 35.5 Å². The molecule has 1 unspecified atom stereocenters. The Kier molecular flexibility index (Phi) is 5.90. The molecule has 1 saturated carbocycles. The summed E-state index contributed by atoms with van der Waals surface area (Å²) >= 11 is 0. The summed E-state index contributed by atoms with van der Waals surface area (Å²) in [5.74, 6) is 0.700. The van der Waals surface area contributed by atoms with E-state index in [4.69, 9.17) is 0 Å². The fourth-order valence-corrected chi connectivity index (χ4v) is 2.78. The molecule has 102 valence electrons. The third-order valence-corrected chi connectivity index (χ3v) is 3.60. The number of hydrogen-bond acceptors (Lipinski definition) is 3. The number of aliphatic hydroxyl groups is 1. The first-order valence-corrected chi connectivity index (χ1v) is 7.02. The molecule has 0 saturated heterocycles. The van der Waals surface area contributed by atoms with E-state index < -0.39 is 5.60 Å². The highest BCUT2D eigenvalue weighted by Gasteiger charge is 2.31. The van der Waals surface area contributed by atoms with E-state index in [9.17, 15) is 5.11 Å². The van der Waals surface area contributed by atoms with Crippen LogP contribution in [-0.4, -0.2) is 48.8 Å². The fourth-order valence-electron chi connectivity index (χ4n) is 2.78. The van der Waals surface area contributed by atoms with Gasteiger partial charge in [0.25, 0.3) is 0 Å². The molecule has 1 aliphatic carbocycles. The van der Waals surface area contributed by atoms with Crippen LogP contribution in [0.2, 0.25) is 0 Å². The van der Waals surface area contributed by atoms with Crippen molar-refractivity contribution in [3.05, 3.63) is 0 Å². The van der Waals surface area contributed by atoms with Crippen LogP contribution >= 0.6 is 0 Å². The van der Waals surface area contributed by atoms with Gasteiger partial charge >= 0.3 is 0 Å². The first kappa shape index (κ1) is 14.9. The van der Waals surface area contributed by atoms with Crippen LogP contribution in [0.3, 0.4) is 0 Å². The van der Waals surface area contributed by atoms with Gasteiger partial charge < -0.3 is 15.3 Å². The Labute approximate surface area is 107 Å². The van der Waals surface area contributed by atoms with E-state index in [1.165, 1.54) is 19.3 Å². The van der Waals surface area contributed by atoms with Crippen molar-refractivity contribution in [3.63, 3.8) is 0 Å². The zero-order valence-corrected chi connectivity index (χ0v) is 12.0. The third kappa shape index (κ3) is 5.84. The van der Waals surface area contributed by atoms with Crippen LogP contribution < -0.4 is 5.32 Å². The number of nitrogens with one attached hydrogen (secondary N) is 1. The van der Waals surface area contributed by atoms with Gasteiger partial charge in [0.15, 0.2) is 0 Å². The van der Waals surface area contributed by atoms with Crippen molar-refractivity contribution in [3.8, 4) is 0 Å². The molecular weight excluding hydrogens is 212 g/mol. The summed E-state index contributed by atoms with van der Waals surface area (Å²) in [6.07, 6.45) is 5.47. The van der Waals surface area contributed by atoms with Crippen molar-refractivity contribution in [1.29, 1.82) is 0 Å². The minimum atomic E-state index is -0.429. The van der Waals surface area contributed by atoms with Gasteiger partial charge in [-0.05, 0) is 39.3 Å². The smallest absolute Gasteiger partial charge is 0.0771 e. The highest BCUT2D eigenvalue weighted by Crippen LogP contribution is 2.28. The molecule has 0 aromatic rings. The van der Waals surface area contributed by atoms with Crippen LogP contribution in [0.5, 0.6) is 0 Å². The van der Waals surface area contributed by atoms with Crippen LogP contribution in [0, 0.1) is 5.92 Å². The van der Waals surface area contributed by atoms with Gasteiger partial charge in [-0.2, -0.15) is 0 Å². The van der Waals surface area contributed by atoms with E-state index in [-0.39, 0.29) is 0 Å². The maximum absolute atomic E-state index is 10.3. The first-order valence-electron chi connectivity index (χ1n) is 7.02. The minimum Gasteiger partial charge on any atom is -0.389 e. The molecule has 3 nitrogen and oxygen atoms in total. The van der Waals surface area contributed by atoms with Crippen molar-refractivity contribution < 1.29 is 5.11 Å². The molecular formula is C14H30N2O. The lowest BCUT2D eigenvalue weighted by Crippen LogP contribution is -2.46. The zero-order chi connectivity index (χ0) is 12.9. The average Bonchev–Trinajstić information content (AvgIpc) is 2.61. The minimum absolute atomic E-state index is 0.429. The summed E-state index contributed by atoms with van der Waals surface area (Å²) in [5.41, 5.74) is -0.429. The second-order valence-electron chi connectivity index (χ2n) is 6.40. The van der Waals surface area contributed by atoms with Gasteiger partial charge in [-0.3, -0.25) is 0 Å². The molecule has 0 aromatic carbocycles. The van der Waals surface area contributed by atoms with E-state index in [2.05, 4.69) is 38.2 Å². The zero-order valence-electron chi connectivity index (χ0n) is 12.0. The summed E-state index contributed by atoms with van der Waals surface area (Å²) in [4.78, 5) is 2.22. The summed E-state index contributed by atoms with van der Waals surface area (Å²) in [6.45, 7) is 6.33. The maximum Gasteiger partial charge on any atom is 0.0771 e. The van der Waals surface area contributed by atoms with Crippen molar-refractivity contribution in [1.82, 2.24) is 10.2 Å². The normalized spacial score (nSPS) is 21.4. The Hall–Kier alpha value is -0.120. The summed E-state index contributed by atoms with van der Waals surface area (Å²) in [5, 5.41) is 13.9. The molecule has 0 amide bonds.